The summed E-state index contributed by atoms with van der Waals surface area (Å²) in [5, 5.41) is 3.10. The molecule has 4 nitrogen and oxygen atoms in total. The summed E-state index contributed by atoms with van der Waals surface area (Å²) in [5.41, 5.74) is 5.90. The minimum atomic E-state index is -2.69. The molecule has 14 heavy (non-hydrogen) atoms. The Morgan fingerprint density at radius 3 is 2.50 bits per heavy atom. The Kier molecular flexibility index (Phi) is 4.14. The van der Waals surface area contributed by atoms with Gasteiger partial charge >= 0.3 is 0 Å². The van der Waals surface area contributed by atoms with Gasteiger partial charge in [-0.2, -0.15) is 0 Å². The first-order valence-corrected chi connectivity index (χ1v) is 6.88. The smallest absolute Gasteiger partial charge is 0.272 e. The van der Waals surface area contributed by atoms with Crippen molar-refractivity contribution in [3.63, 3.8) is 0 Å². The van der Waals surface area contributed by atoms with Crippen LogP contribution in [0.1, 0.15) is 33.1 Å². The molecule has 0 aliphatic heterocycles. The Morgan fingerprint density at radius 1 is 1.50 bits per heavy atom. The summed E-state index contributed by atoms with van der Waals surface area (Å²) in [4.78, 5) is 0. The third kappa shape index (κ3) is 2.57. The quantitative estimate of drug-likeness (QED) is 0.708. The normalized spacial score (nSPS) is 32.1. The molecular formula is C9H21N2O2P. The average Bonchev–Trinajstić information content (AvgIpc) is 2.51. The molecule has 1 saturated carbocycles. The summed E-state index contributed by atoms with van der Waals surface area (Å²) < 4.78 is 17.3. The Labute approximate surface area is 86.1 Å². The lowest BCUT2D eigenvalue weighted by Gasteiger charge is -2.26. The molecule has 84 valence electrons. The summed E-state index contributed by atoms with van der Waals surface area (Å²) in [5.74, 6) is 0. The van der Waals surface area contributed by atoms with Gasteiger partial charge in [0.15, 0.2) is 0 Å². The summed E-state index contributed by atoms with van der Waals surface area (Å²) in [6, 6.07) is 0.278. The molecule has 5 heteroatoms. The SMILES string of the molecule is COP(=O)(NC1CCCC1N)C(C)C. The van der Waals surface area contributed by atoms with Crippen molar-refractivity contribution in [3.05, 3.63) is 0 Å². The maximum atomic E-state index is 12.2. The highest BCUT2D eigenvalue weighted by Gasteiger charge is 2.33. The van der Waals surface area contributed by atoms with E-state index in [0.29, 0.717) is 0 Å². The molecular weight excluding hydrogens is 199 g/mol. The van der Waals surface area contributed by atoms with Crippen molar-refractivity contribution in [2.75, 3.05) is 7.11 Å². The third-order valence-electron chi connectivity index (χ3n) is 2.87. The highest BCUT2D eigenvalue weighted by molar-refractivity contribution is 7.57. The van der Waals surface area contributed by atoms with Gasteiger partial charge in [-0.3, -0.25) is 4.57 Å². The Hall–Kier alpha value is 0.110. The van der Waals surface area contributed by atoms with E-state index in [-0.39, 0.29) is 17.7 Å². The molecule has 0 spiro atoms. The van der Waals surface area contributed by atoms with Crippen LogP contribution in [0, 0.1) is 0 Å². The molecule has 1 fully saturated rings. The number of nitrogens with two attached hydrogens (primary N) is 1. The van der Waals surface area contributed by atoms with Crippen LogP contribution in [-0.2, 0) is 9.09 Å². The first kappa shape index (κ1) is 12.2. The van der Waals surface area contributed by atoms with Crippen molar-refractivity contribution >= 4 is 7.52 Å². The van der Waals surface area contributed by atoms with E-state index in [1.54, 1.807) is 0 Å². The molecule has 3 atom stereocenters. The van der Waals surface area contributed by atoms with Crippen LogP contribution in [-0.4, -0.2) is 24.9 Å². The van der Waals surface area contributed by atoms with Crippen LogP contribution in [0.3, 0.4) is 0 Å². The molecule has 0 heterocycles. The number of rotatable bonds is 4. The summed E-state index contributed by atoms with van der Waals surface area (Å²) in [7, 11) is -1.19. The van der Waals surface area contributed by atoms with Gasteiger partial charge in [-0.15, -0.1) is 0 Å². The summed E-state index contributed by atoms with van der Waals surface area (Å²) in [6.45, 7) is 3.80. The van der Waals surface area contributed by atoms with Gasteiger partial charge in [0.05, 0.1) is 0 Å². The molecule has 0 aromatic rings. The van der Waals surface area contributed by atoms with E-state index in [1.165, 1.54) is 7.11 Å². The Balaban J connectivity index is 2.60. The second kappa shape index (κ2) is 4.75. The molecule has 0 amide bonds. The predicted molar refractivity (Wildman–Crippen MR) is 58.5 cm³/mol. The molecule has 0 aromatic heterocycles. The van der Waals surface area contributed by atoms with Crippen LogP contribution >= 0.6 is 7.52 Å². The maximum absolute atomic E-state index is 12.2. The van der Waals surface area contributed by atoms with Crippen LogP contribution in [0.25, 0.3) is 0 Å². The summed E-state index contributed by atoms with van der Waals surface area (Å²) >= 11 is 0. The van der Waals surface area contributed by atoms with Crippen LogP contribution in [0.2, 0.25) is 0 Å². The lowest BCUT2D eigenvalue weighted by molar-refractivity contribution is 0.362. The topological polar surface area (TPSA) is 64.3 Å². The zero-order valence-electron chi connectivity index (χ0n) is 9.19. The van der Waals surface area contributed by atoms with Crippen LogP contribution < -0.4 is 10.8 Å². The van der Waals surface area contributed by atoms with E-state index in [4.69, 9.17) is 10.3 Å². The highest BCUT2D eigenvalue weighted by atomic mass is 31.2. The minimum Gasteiger partial charge on any atom is -0.326 e. The average molecular weight is 220 g/mol. The van der Waals surface area contributed by atoms with Gasteiger partial charge in [-0.1, -0.05) is 20.3 Å². The van der Waals surface area contributed by atoms with Gasteiger partial charge in [0, 0.05) is 24.9 Å². The largest absolute Gasteiger partial charge is 0.326 e. The first-order chi connectivity index (χ1) is 6.49. The second-order valence-corrected chi connectivity index (χ2v) is 7.05. The van der Waals surface area contributed by atoms with Gasteiger partial charge in [0.25, 0.3) is 7.52 Å². The molecule has 1 rings (SSSR count). The molecule has 0 radical (unpaired) electrons. The molecule has 3 N–H and O–H groups in total. The van der Waals surface area contributed by atoms with Gasteiger partial charge < -0.3 is 10.3 Å². The Morgan fingerprint density at radius 2 is 2.14 bits per heavy atom. The number of hydrogen-bond acceptors (Lipinski definition) is 3. The van der Waals surface area contributed by atoms with Crippen molar-refractivity contribution in [3.8, 4) is 0 Å². The van der Waals surface area contributed by atoms with Crippen molar-refractivity contribution in [1.82, 2.24) is 5.09 Å². The molecule has 3 unspecified atom stereocenters. The molecule has 0 saturated heterocycles. The lowest BCUT2D eigenvalue weighted by Crippen LogP contribution is -2.40. The fourth-order valence-corrected chi connectivity index (χ4v) is 3.40. The minimum absolute atomic E-state index is 0.000278. The highest BCUT2D eigenvalue weighted by Crippen LogP contribution is 2.48. The fourth-order valence-electron chi connectivity index (χ4n) is 1.79. The molecule has 1 aliphatic rings. The van der Waals surface area contributed by atoms with Crippen molar-refractivity contribution < 1.29 is 9.09 Å². The Bertz CT molecular complexity index is 233. The lowest BCUT2D eigenvalue weighted by atomic mass is 10.2. The van der Waals surface area contributed by atoms with Crippen molar-refractivity contribution in [1.29, 1.82) is 0 Å². The monoisotopic (exact) mass is 220 g/mol. The second-order valence-electron chi connectivity index (χ2n) is 4.20. The van der Waals surface area contributed by atoms with E-state index < -0.39 is 7.52 Å². The van der Waals surface area contributed by atoms with Crippen LogP contribution in [0.4, 0.5) is 0 Å². The van der Waals surface area contributed by atoms with E-state index in [9.17, 15) is 4.57 Å². The number of nitrogens with one attached hydrogen (secondary N) is 1. The predicted octanol–water partition coefficient (Wildman–Crippen LogP) is 1.70. The van der Waals surface area contributed by atoms with Crippen LogP contribution in [0.15, 0.2) is 0 Å². The van der Waals surface area contributed by atoms with E-state index in [2.05, 4.69) is 5.09 Å². The van der Waals surface area contributed by atoms with Crippen molar-refractivity contribution in [2.24, 2.45) is 5.73 Å². The van der Waals surface area contributed by atoms with Gasteiger partial charge in [0.1, 0.15) is 0 Å². The van der Waals surface area contributed by atoms with Crippen LogP contribution in [0.5, 0.6) is 0 Å². The van der Waals surface area contributed by atoms with Gasteiger partial charge in [0.2, 0.25) is 0 Å². The van der Waals surface area contributed by atoms with Gasteiger partial charge in [-0.25, -0.2) is 5.09 Å². The third-order valence-corrected chi connectivity index (χ3v) is 5.46. The molecule has 0 aromatic carbocycles. The number of hydrogen-bond donors (Lipinski definition) is 2. The van der Waals surface area contributed by atoms with Crippen molar-refractivity contribution in [2.45, 2.75) is 50.9 Å². The maximum Gasteiger partial charge on any atom is 0.272 e. The van der Waals surface area contributed by atoms with E-state index >= 15 is 0 Å². The fraction of sp³-hybridized carbons (Fsp3) is 1.00. The standard InChI is InChI=1S/C9H21N2O2P/c1-7(2)14(12,13-3)11-9-6-4-5-8(9)10/h7-9H,4-6,10H2,1-3H3,(H,11,12). The van der Waals surface area contributed by atoms with E-state index in [1.807, 2.05) is 13.8 Å². The first-order valence-electron chi connectivity index (χ1n) is 5.18. The molecule has 0 bridgehead atoms. The zero-order chi connectivity index (χ0) is 10.8. The molecule has 1 aliphatic carbocycles. The summed E-state index contributed by atoms with van der Waals surface area (Å²) in [6.07, 6.45) is 3.13. The van der Waals surface area contributed by atoms with Gasteiger partial charge in [-0.05, 0) is 12.8 Å². The zero-order valence-corrected chi connectivity index (χ0v) is 10.1. The van der Waals surface area contributed by atoms with E-state index in [0.717, 1.165) is 19.3 Å².